The lowest BCUT2D eigenvalue weighted by Crippen LogP contribution is -2.57. The predicted octanol–water partition coefficient (Wildman–Crippen LogP) is 0.591. The van der Waals surface area contributed by atoms with E-state index in [2.05, 4.69) is 5.32 Å². The molecule has 5 heteroatoms. The van der Waals surface area contributed by atoms with E-state index in [-0.39, 0.29) is 18.4 Å². The van der Waals surface area contributed by atoms with Gasteiger partial charge in [-0.15, -0.1) is 0 Å². The number of amides is 2. The molecule has 0 saturated carbocycles. The molecule has 1 fully saturated rings. The first-order valence-corrected chi connectivity index (χ1v) is 5.88. The molecule has 1 aliphatic rings. The van der Waals surface area contributed by atoms with Crippen LogP contribution >= 0.6 is 0 Å². The molecule has 2 atom stereocenters. The molecular formula is C13H16N2O3. The average Bonchev–Trinajstić information content (AvgIpc) is 2.33. The van der Waals surface area contributed by atoms with Gasteiger partial charge in [0.05, 0.1) is 12.6 Å². The summed E-state index contributed by atoms with van der Waals surface area (Å²) in [4.78, 5) is 24.8. The number of aliphatic hydroxyl groups is 1. The number of hydrogen-bond acceptors (Lipinski definition) is 4. The summed E-state index contributed by atoms with van der Waals surface area (Å²) in [5.74, 6) is -0.634. The van der Waals surface area contributed by atoms with Gasteiger partial charge in [0.1, 0.15) is 6.04 Å². The summed E-state index contributed by atoms with van der Waals surface area (Å²) in [7, 11) is 0. The smallest absolute Gasteiger partial charge is 0.249 e. The molecule has 0 aromatic heterocycles. The maximum absolute atomic E-state index is 11.6. The number of carbonyl (C=O) groups is 2. The Bertz CT molecular complexity index is 485. The van der Waals surface area contributed by atoms with Gasteiger partial charge in [0.2, 0.25) is 11.8 Å². The molecule has 1 saturated heterocycles. The van der Waals surface area contributed by atoms with Gasteiger partial charge in [-0.05, 0) is 19.9 Å². The molecule has 0 spiro atoms. The Morgan fingerprint density at radius 2 is 2.06 bits per heavy atom. The number of hydrogen-bond donors (Lipinski definition) is 2. The van der Waals surface area contributed by atoms with Crippen molar-refractivity contribution < 1.29 is 14.7 Å². The Kier molecular flexibility index (Phi) is 3.34. The fourth-order valence-corrected chi connectivity index (χ4v) is 2.11. The molecule has 0 bridgehead atoms. The lowest BCUT2D eigenvalue weighted by Gasteiger charge is -2.35. The van der Waals surface area contributed by atoms with Crippen molar-refractivity contribution in [2.24, 2.45) is 0 Å². The molecule has 1 heterocycles. The first kappa shape index (κ1) is 12.6. The Morgan fingerprint density at radius 3 is 2.72 bits per heavy atom. The van der Waals surface area contributed by atoms with Crippen molar-refractivity contribution in [2.45, 2.75) is 26.0 Å². The van der Waals surface area contributed by atoms with Gasteiger partial charge in [-0.25, -0.2) is 0 Å². The number of carbonyl (C=O) groups excluding carboxylic acids is 2. The third-order valence-corrected chi connectivity index (χ3v) is 3.12. The van der Waals surface area contributed by atoms with E-state index in [1.807, 2.05) is 18.2 Å². The van der Waals surface area contributed by atoms with E-state index in [1.54, 1.807) is 24.8 Å². The average molecular weight is 248 g/mol. The van der Waals surface area contributed by atoms with Gasteiger partial charge in [0.25, 0.3) is 0 Å². The molecule has 1 unspecified atom stereocenters. The normalized spacial score (nSPS) is 21.7. The highest BCUT2D eigenvalue weighted by molar-refractivity contribution is 6.04. The molecule has 0 aliphatic carbocycles. The number of piperazine rings is 1. The summed E-state index contributed by atoms with van der Waals surface area (Å²) in [6, 6.07) is 6.82. The summed E-state index contributed by atoms with van der Waals surface area (Å²) >= 11 is 0. The van der Waals surface area contributed by atoms with Gasteiger partial charge >= 0.3 is 0 Å². The second-order valence-corrected chi connectivity index (χ2v) is 4.45. The maximum Gasteiger partial charge on any atom is 0.249 e. The summed E-state index contributed by atoms with van der Waals surface area (Å²) in [5.41, 5.74) is 1.44. The van der Waals surface area contributed by atoms with Crippen LogP contribution in [0.3, 0.4) is 0 Å². The van der Waals surface area contributed by atoms with E-state index in [9.17, 15) is 14.7 Å². The Balaban J connectivity index is 2.41. The van der Waals surface area contributed by atoms with Crippen molar-refractivity contribution in [2.75, 3.05) is 11.4 Å². The van der Waals surface area contributed by atoms with E-state index >= 15 is 0 Å². The summed E-state index contributed by atoms with van der Waals surface area (Å²) in [6.07, 6.45) is -0.645. The third kappa shape index (κ3) is 2.22. The van der Waals surface area contributed by atoms with Gasteiger partial charge < -0.3 is 10.0 Å². The van der Waals surface area contributed by atoms with Gasteiger partial charge in [-0.3, -0.25) is 14.9 Å². The van der Waals surface area contributed by atoms with Crippen LogP contribution in [0.4, 0.5) is 5.69 Å². The van der Waals surface area contributed by atoms with Gasteiger partial charge in [0.15, 0.2) is 0 Å². The highest BCUT2D eigenvalue weighted by Crippen LogP contribution is 2.28. The van der Waals surface area contributed by atoms with Crippen molar-refractivity contribution in [3.05, 3.63) is 29.8 Å². The molecule has 1 aliphatic heterocycles. The van der Waals surface area contributed by atoms with Crippen molar-refractivity contribution >= 4 is 17.5 Å². The topological polar surface area (TPSA) is 69.6 Å². The standard InChI is InChI=1S/C13H16N2O3/c1-8-13(18)14-12(17)7-15(8)11-6-4-3-5-10(11)9(2)16/h3-6,8-9,16H,7H2,1-2H3,(H,14,17,18)/t8?,9-/m1/s1. The fourth-order valence-electron chi connectivity index (χ4n) is 2.11. The van der Waals surface area contributed by atoms with E-state index in [4.69, 9.17) is 0 Å². The van der Waals surface area contributed by atoms with Crippen molar-refractivity contribution in [1.29, 1.82) is 0 Å². The highest BCUT2D eigenvalue weighted by Gasteiger charge is 2.31. The molecule has 5 nitrogen and oxygen atoms in total. The minimum atomic E-state index is -0.645. The number of imide groups is 1. The van der Waals surface area contributed by atoms with Crippen LogP contribution in [0.25, 0.3) is 0 Å². The number of nitrogens with zero attached hydrogens (tertiary/aromatic N) is 1. The largest absolute Gasteiger partial charge is 0.389 e. The third-order valence-electron chi connectivity index (χ3n) is 3.12. The molecule has 18 heavy (non-hydrogen) atoms. The molecule has 96 valence electrons. The zero-order valence-corrected chi connectivity index (χ0v) is 10.4. The number of nitrogens with one attached hydrogen (secondary N) is 1. The Morgan fingerprint density at radius 1 is 1.39 bits per heavy atom. The summed E-state index contributed by atoms with van der Waals surface area (Å²) in [6.45, 7) is 3.52. The van der Waals surface area contributed by atoms with Crippen LogP contribution in [0, 0.1) is 0 Å². The number of benzene rings is 1. The van der Waals surface area contributed by atoms with Crippen LogP contribution in [0.2, 0.25) is 0 Å². The lowest BCUT2D eigenvalue weighted by atomic mass is 10.0. The van der Waals surface area contributed by atoms with Crippen LogP contribution < -0.4 is 10.2 Å². The van der Waals surface area contributed by atoms with Crippen molar-refractivity contribution in [1.82, 2.24) is 5.32 Å². The zero-order chi connectivity index (χ0) is 13.3. The Labute approximate surface area is 105 Å². The molecule has 2 amide bonds. The van der Waals surface area contributed by atoms with E-state index in [1.165, 1.54) is 0 Å². The molecule has 0 radical (unpaired) electrons. The predicted molar refractivity (Wildman–Crippen MR) is 67.0 cm³/mol. The molecule has 2 rings (SSSR count). The monoisotopic (exact) mass is 248 g/mol. The summed E-state index contributed by atoms with van der Waals surface area (Å²) < 4.78 is 0. The van der Waals surface area contributed by atoms with Crippen LogP contribution in [-0.2, 0) is 9.59 Å². The van der Waals surface area contributed by atoms with Gasteiger partial charge in [0, 0.05) is 11.3 Å². The summed E-state index contributed by atoms with van der Waals surface area (Å²) in [5, 5.41) is 12.0. The minimum Gasteiger partial charge on any atom is -0.389 e. The Hall–Kier alpha value is -1.88. The molecule has 1 aromatic rings. The van der Waals surface area contributed by atoms with Crippen LogP contribution in [0.15, 0.2) is 24.3 Å². The molecule has 1 aromatic carbocycles. The van der Waals surface area contributed by atoms with E-state index in [0.29, 0.717) is 5.56 Å². The fraction of sp³-hybridized carbons (Fsp3) is 0.385. The van der Waals surface area contributed by atoms with E-state index in [0.717, 1.165) is 5.69 Å². The number of para-hydroxylation sites is 1. The first-order valence-electron chi connectivity index (χ1n) is 5.88. The number of aliphatic hydroxyl groups excluding tert-OH is 1. The van der Waals surface area contributed by atoms with Crippen LogP contribution in [0.1, 0.15) is 25.5 Å². The van der Waals surface area contributed by atoms with Crippen LogP contribution in [0.5, 0.6) is 0 Å². The zero-order valence-electron chi connectivity index (χ0n) is 10.4. The van der Waals surface area contributed by atoms with Crippen LogP contribution in [-0.4, -0.2) is 29.5 Å². The van der Waals surface area contributed by atoms with Gasteiger partial charge in [-0.2, -0.15) is 0 Å². The minimum absolute atomic E-state index is 0.122. The quantitative estimate of drug-likeness (QED) is 0.752. The first-order chi connectivity index (χ1) is 8.50. The highest BCUT2D eigenvalue weighted by atomic mass is 16.3. The number of rotatable bonds is 2. The second kappa shape index (κ2) is 4.78. The molecule has 2 N–H and O–H groups in total. The second-order valence-electron chi connectivity index (χ2n) is 4.45. The SMILES string of the molecule is CC1C(=O)NC(=O)CN1c1ccccc1[C@@H](C)O. The number of anilines is 1. The van der Waals surface area contributed by atoms with E-state index < -0.39 is 12.1 Å². The molecular weight excluding hydrogens is 232 g/mol. The van der Waals surface area contributed by atoms with Gasteiger partial charge in [-0.1, -0.05) is 18.2 Å². The van der Waals surface area contributed by atoms with Crippen molar-refractivity contribution in [3.8, 4) is 0 Å². The van der Waals surface area contributed by atoms with Crippen molar-refractivity contribution in [3.63, 3.8) is 0 Å². The maximum atomic E-state index is 11.6. The lowest BCUT2D eigenvalue weighted by molar-refractivity contribution is -0.132.